The lowest BCUT2D eigenvalue weighted by molar-refractivity contribution is -0.305. The molecule has 50 valence electrons. The number of hydrogen-bond acceptors (Lipinski definition) is 2. The maximum Gasteiger partial charge on any atom is 0.0903 e. The molecule has 0 saturated heterocycles. The van der Waals surface area contributed by atoms with Gasteiger partial charge in [-0.3, -0.25) is 0 Å². The molecule has 0 aliphatic heterocycles. The summed E-state index contributed by atoms with van der Waals surface area (Å²) in [5.74, 6) is -0.943. The van der Waals surface area contributed by atoms with Crippen molar-refractivity contribution in [2.75, 3.05) is 0 Å². The summed E-state index contributed by atoms with van der Waals surface area (Å²) in [5, 5.41) is 9.65. The molecule has 0 fully saturated rings. The van der Waals surface area contributed by atoms with Gasteiger partial charge >= 0.3 is 0 Å². The smallest absolute Gasteiger partial charge is 0.0903 e. The fraction of sp³-hybridized carbons (Fsp3) is 0.800. The molecule has 0 rings (SSSR count). The zero-order chi connectivity index (χ0) is 5.70. The summed E-state index contributed by atoms with van der Waals surface area (Å²) in [6.07, 6.45) is 1.87. The van der Waals surface area contributed by atoms with E-state index in [4.69, 9.17) is 0 Å². The Morgan fingerprint density at radius 2 is 2.12 bits per heavy atom. The summed E-state index contributed by atoms with van der Waals surface area (Å²) in [7, 11) is 0. The van der Waals surface area contributed by atoms with E-state index in [1.165, 1.54) is 0 Å². The van der Waals surface area contributed by atoms with Gasteiger partial charge in [0, 0.05) is 5.97 Å². The normalized spacial score (nSPS) is 7.62. The summed E-state index contributed by atoms with van der Waals surface area (Å²) in [5.41, 5.74) is 0. The van der Waals surface area contributed by atoms with Gasteiger partial charge in [0.25, 0.3) is 0 Å². The molecular formula is C5H11ClO2. The molecule has 0 aliphatic carbocycles. The first-order valence-corrected chi connectivity index (χ1v) is 2.47. The highest BCUT2D eigenvalue weighted by atomic mass is 35.5. The molecule has 0 heterocycles. The Morgan fingerprint density at radius 1 is 1.62 bits per heavy atom. The third kappa shape index (κ3) is 9.23. The van der Waals surface area contributed by atoms with Crippen LogP contribution in [0.3, 0.4) is 0 Å². The van der Waals surface area contributed by atoms with E-state index in [1.54, 1.807) is 0 Å². The quantitative estimate of drug-likeness (QED) is 0.522. The molecule has 0 aliphatic rings. The number of rotatable bonds is 3. The van der Waals surface area contributed by atoms with Crippen LogP contribution in [0.5, 0.6) is 0 Å². The zero-order valence-electron chi connectivity index (χ0n) is 4.89. The summed E-state index contributed by atoms with van der Waals surface area (Å²) in [6.45, 7) is 1.95. The van der Waals surface area contributed by atoms with E-state index in [9.17, 15) is 9.90 Å². The number of hydrogen-bond donors (Lipinski definition) is 0. The minimum atomic E-state index is -0.943. The summed E-state index contributed by atoms with van der Waals surface area (Å²) in [4.78, 5) is 9.65. The predicted molar refractivity (Wildman–Crippen MR) is 27.3 cm³/mol. The SMILES string of the molecule is CCCCC(=O)[O-].[ClH2+]. The number of carboxylic acids is 1. The minimum absolute atomic E-state index is 0. The van der Waals surface area contributed by atoms with Crippen molar-refractivity contribution in [3.05, 3.63) is 0 Å². The van der Waals surface area contributed by atoms with Crippen LogP contribution in [0, 0.1) is 12.4 Å². The van der Waals surface area contributed by atoms with Crippen molar-refractivity contribution in [1.82, 2.24) is 0 Å². The first-order chi connectivity index (χ1) is 3.27. The highest BCUT2D eigenvalue weighted by molar-refractivity contribution is 5.63. The standard InChI is InChI=1S/C5H10O2.ClH2/c1-2-3-4-5(6)7;/h2-4H2,1H3,(H,6,7);1H2/q;+1/p-1. The van der Waals surface area contributed by atoms with Crippen molar-refractivity contribution >= 4 is 5.97 Å². The van der Waals surface area contributed by atoms with Gasteiger partial charge in [0.1, 0.15) is 0 Å². The van der Waals surface area contributed by atoms with Crippen LogP contribution < -0.4 is 5.11 Å². The van der Waals surface area contributed by atoms with Crippen molar-refractivity contribution in [2.45, 2.75) is 26.2 Å². The molecule has 0 atom stereocenters. The number of unbranched alkanes of at least 4 members (excludes halogenated alkanes) is 1. The summed E-state index contributed by atoms with van der Waals surface area (Å²) in [6, 6.07) is 0. The van der Waals surface area contributed by atoms with Crippen LogP contribution in [0.15, 0.2) is 0 Å². The van der Waals surface area contributed by atoms with Gasteiger partial charge < -0.3 is 9.90 Å². The second-order valence-electron chi connectivity index (χ2n) is 1.48. The largest absolute Gasteiger partial charge is 0.550 e. The van der Waals surface area contributed by atoms with Crippen LogP contribution in [0.25, 0.3) is 0 Å². The van der Waals surface area contributed by atoms with E-state index in [2.05, 4.69) is 0 Å². The van der Waals surface area contributed by atoms with Gasteiger partial charge in [-0.25, -0.2) is 0 Å². The van der Waals surface area contributed by atoms with Crippen LogP contribution in [0.4, 0.5) is 0 Å². The molecule has 0 amide bonds. The molecule has 0 spiro atoms. The maximum atomic E-state index is 9.65. The molecule has 0 aromatic carbocycles. The number of aliphatic carboxylic acids is 1. The molecular weight excluding hydrogens is 128 g/mol. The molecule has 0 aromatic heterocycles. The van der Waals surface area contributed by atoms with Gasteiger partial charge in [0.2, 0.25) is 0 Å². The first kappa shape index (κ1) is 10.7. The Labute approximate surface area is 55.3 Å². The average Bonchev–Trinajstić information content (AvgIpc) is 1.61. The number of halogens is 1. The third-order valence-corrected chi connectivity index (χ3v) is 0.734. The molecule has 8 heavy (non-hydrogen) atoms. The fourth-order valence-corrected chi connectivity index (χ4v) is 0.321. The van der Waals surface area contributed by atoms with Crippen LogP contribution >= 0.6 is 0 Å². The lowest BCUT2D eigenvalue weighted by Crippen LogP contribution is -2.21. The highest BCUT2D eigenvalue weighted by Gasteiger charge is 1.80. The Hall–Kier alpha value is -0.240. The predicted octanol–water partition coefficient (Wildman–Crippen LogP) is -0.609. The Balaban J connectivity index is 0. The monoisotopic (exact) mass is 138 g/mol. The molecule has 0 aromatic rings. The zero-order valence-corrected chi connectivity index (χ0v) is 5.78. The number of carboxylic acid groups (broad SMARTS) is 1. The van der Waals surface area contributed by atoms with Gasteiger partial charge in [0.05, 0.1) is 12.4 Å². The van der Waals surface area contributed by atoms with E-state index in [0.717, 1.165) is 12.8 Å². The summed E-state index contributed by atoms with van der Waals surface area (Å²) < 4.78 is 0. The minimum Gasteiger partial charge on any atom is -0.550 e. The topological polar surface area (TPSA) is 40.1 Å². The lowest BCUT2D eigenvalue weighted by atomic mass is 10.3. The summed E-state index contributed by atoms with van der Waals surface area (Å²) >= 11 is 0. The lowest BCUT2D eigenvalue weighted by Gasteiger charge is -1.95. The molecule has 0 bridgehead atoms. The molecule has 0 saturated carbocycles. The van der Waals surface area contributed by atoms with Crippen molar-refractivity contribution < 1.29 is 22.3 Å². The van der Waals surface area contributed by atoms with Gasteiger partial charge in [-0.05, 0) is 12.8 Å². The van der Waals surface area contributed by atoms with Gasteiger partial charge in [-0.2, -0.15) is 0 Å². The van der Waals surface area contributed by atoms with E-state index in [1.807, 2.05) is 6.92 Å². The molecule has 0 radical (unpaired) electrons. The van der Waals surface area contributed by atoms with Crippen LogP contribution in [0.1, 0.15) is 26.2 Å². The van der Waals surface area contributed by atoms with Crippen molar-refractivity contribution in [3.63, 3.8) is 0 Å². The Kier molecular flexibility index (Phi) is 9.03. The van der Waals surface area contributed by atoms with Gasteiger partial charge in [-0.15, -0.1) is 0 Å². The number of carbonyl (C=O) groups is 1. The Morgan fingerprint density at radius 3 is 2.25 bits per heavy atom. The molecule has 2 nitrogen and oxygen atoms in total. The van der Waals surface area contributed by atoms with E-state index in [-0.39, 0.29) is 18.8 Å². The van der Waals surface area contributed by atoms with Crippen molar-refractivity contribution in [1.29, 1.82) is 0 Å². The van der Waals surface area contributed by atoms with Crippen molar-refractivity contribution in [3.8, 4) is 0 Å². The fourth-order valence-electron chi connectivity index (χ4n) is 0.321. The second kappa shape index (κ2) is 6.76. The third-order valence-electron chi connectivity index (χ3n) is 0.734. The maximum absolute atomic E-state index is 9.65. The van der Waals surface area contributed by atoms with Crippen LogP contribution in [-0.4, -0.2) is 5.97 Å². The van der Waals surface area contributed by atoms with Crippen LogP contribution in [0.2, 0.25) is 0 Å². The molecule has 3 heteroatoms. The van der Waals surface area contributed by atoms with Gasteiger partial charge in [-0.1, -0.05) is 13.3 Å². The highest BCUT2D eigenvalue weighted by Crippen LogP contribution is 1.89. The van der Waals surface area contributed by atoms with E-state index in [0.29, 0.717) is 0 Å². The Bertz CT molecular complexity index is 63.4. The number of carbonyl (C=O) groups excluding carboxylic acids is 1. The van der Waals surface area contributed by atoms with Crippen LogP contribution in [-0.2, 0) is 4.79 Å². The van der Waals surface area contributed by atoms with E-state index >= 15 is 0 Å². The first-order valence-electron chi connectivity index (χ1n) is 2.47. The average molecular weight is 139 g/mol. The molecule has 0 N–H and O–H groups in total. The van der Waals surface area contributed by atoms with Gasteiger partial charge in [0.15, 0.2) is 0 Å². The molecule has 0 unspecified atom stereocenters. The second-order valence-corrected chi connectivity index (χ2v) is 1.48. The van der Waals surface area contributed by atoms with Crippen molar-refractivity contribution in [2.24, 2.45) is 0 Å². The van der Waals surface area contributed by atoms with E-state index < -0.39 is 5.97 Å².